The summed E-state index contributed by atoms with van der Waals surface area (Å²) in [6, 6.07) is 7.43. The van der Waals surface area contributed by atoms with Gasteiger partial charge in [-0.3, -0.25) is 4.79 Å². The van der Waals surface area contributed by atoms with Gasteiger partial charge < -0.3 is 10.1 Å². The standard InChI is InChI=1S/C13H14N2O5S3/c1-8(16)15-10-7-9(3-4-11(10)20-2)22(17)12-5-6-13(21-12)23(14,18)19/h3-7H,1-2H3,(H,15,16)(H2,14,18,19)/t22-/m0/s1. The average molecular weight is 374 g/mol. The minimum atomic E-state index is -3.83. The second-order valence-corrected chi connectivity index (χ2v) is 9.01. The molecule has 7 nitrogen and oxygen atoms in total. The number of carbonyl (C=O) groups excluding carboxylic acids is 1. The van der Waals surface area contributed by atoms with Crippen LogP contribution in [-0.4, -0.2) is 25.6 Å². The lowest BCUT2D eigenvalue weighted by atomic mass is 10.3. The summed E-state index contributed by atoms with van der Waals surface area (Å²) < 4.78 is 40.5. The molecule has 1 aromatic carbocycles. The Labute approximate surface area is 140 Å². The molecule has 10 heteroatoms. The number of hydrogen-bond donors (Lipinski definition) is 2. The Kier molecular flexibility index (Phi) is 5.19. The van der Waals surface area contributed by atoms with E-state index in [1.807, 2.05) is 0 Å². The highest BCUT2D eigenvalue weighted by Crippen LogP contribution is 2.31. The van der Waals surface area contributed by atoms with E-state index in [0.717, 1.165) is 11.3 Å². The molecule has 3 N–H and O–H groups in total. The highest BCUT2D eigenvalue weighted by Gasteiger charge is 2.17. The summed E-state index contributed by atoms with van der Waals surface area (Å²) in [4.78, 5) is 11.6. The number of rotatable bonds is 5. The first-order valence-electron chi connectivity index (χ1n) is 6.22. The van der Waals surface area contributed by atoms with Crippen LogP contribution in [0.1, 0.15) is 6.92 Å². The zero-order chi connectivity index (χ0) is 17.2. The molecule has 0 aliphatic heterocycles. The number of hydrogen-bond acceptors (Lipinski definition) is 6. The van der Waals surface area contributed by atoms with E-state index < -0.39 is 20.8 Å². The number of amides is 1. The van der Waals surface area contributed by atoms with Gasteiger partial charge in [-0.2, -0.15) is 0 Å². The summed E-state index contributed by atoms with van der Waals surface area (Å²) in [5, 5.41) is 7.64. The first kappa shape index (κ1) is 17.6. The molecule has 0 fully saturated rings. The Morgan fingerprint density at radius 2 is 2.00 bits per heavy atom. The molecule has 1 atom stereocenters. The zero-order valence-electron chi connectivity index (χ0n) is 12.2. The second kappa shape index (κ2) is 6.79. The summed E-state index contributed by atoms with van der Waals surface area (Å²) in [5.41, 5.74) is 0.383. The SMILES string of the molecule is COc1ccc([S@](=O)c2ccc(S(N)(=O)=O)s2)cc1NC(C)=O. The van der Waals surface area contributed by atoms with Crippen molar-refractivity contribution in [3.05, 3.63) is 30.3 Å². The molecule has 1 aromatic heterocycles. The maximum Gasteiger partial charge on any atom is 0.247 e. The van der Waals surface area contributed by atoms with Crippen LogP contribution in [-0.2, 0) is 25.6 Å². The lowest BCUT2D eigenvalue weighted by Gasteiger charge is -2.10. The van der Waals surface area contributed by atoms with Crippen LogP contribution >= 0.6 is 11.3 Å². The maximum absolute atomic E-state index is 12.6. The van der Waals surface area contributed by atoms with Crippen molar-refractivity contribution in [1.82, 2.24) is 0 Å². The van der Waals surface area contributed by atoms with Gasteiger partial charge >= 0.3 is 0 Å². The number of nitrogens with one attached hydrogen (secondary N) is 1. The van der Waals surface area contributed by atoms with Gasteiger partial charge in [0.05, 0.1) is 27.8 Å². The molecule has 2 aromatic rings. The third-order valence-corrected chi connectivity index (χ3v) is 6.92. The summed E-state index contributed by atoms with van der Waals surface area (Å²) in [7, 11) is -3.98. The van der Waals surface area contributed by atoms with Gasteiger partial charge in [0.1, 0.15) is 9.96 Å². The number of thiophene rings is 1. The normalized spacial score (nSPS) is 12.7. The fourth-order valence-corrected chi connectivity index (χ4v) is 5.08. The summed E-state index contributed by atoms with van der Waals surface area (Å²) >= 11 is 0.841. The number of sulfonamides is 1. The lowest BCUT2D eigenvalue weighted by molar-refractivity contribution is -0.114. The van der Waals surface area contributed by atoms with Crippen molar-refractivity contribution in [2.24, 2.45) is 5.14 Å². The molecule has 23 heavy (non-hydrogen) atoms. The van der Waals surface area contributed by atoms with E-state index in [1.165, 1.54) is 32.2 Å². The minimum Gasteiger partial charge on any atom is -0.495 e. The fourth-order valence-electron chi connectivity index (χ4n) is 1.76. The third-order valence-electron chi connectivity index (χ3n) is 2.72. The van der Waals surface area contributed by atoms with Crippen LogP contribution < -0.4 is 15.2 Å². The molecular weight excluding hydrogens is 360 g/mol. The predicted octanol–water partition coefficient (Wildman–Crippen LogP) is 1.53. The first-order valence-corrected chi connectivity index (χ1v) is 9.73. The third kappa shape index (κ3) is 4.16. The molecule has 1 heterocycles. The number of nitrogens with two attached hydrogens (primary N) is 1. The molecular formula is C13H14N2O5S3. The van der Waals surface area contributed by atoms with E-state index in [1.54, 1.807) is 12.1 Å². The highest BCUT2D eigenvalue weighted by molar-refractivity contribution is 7.92. The molecule has 0 aliphatic carbocycles. The molecule has 0 unspecified atom stereocenters. The van der Waals surface area contributed by atoms with Crippen molar-refractivity contribution in [1.29, 1.82) is 0 Å². The van der Waals surface area contributed by atoms with Crippen LogP contribution in [0.15, 0.2) is 43.6 Å². The molecule has 0 saturated heterocycles. The average Bonchev–Trinajstić information content (AvgIpc) is 2.95. The van der Waals surface area contributed by atoms with Gasteiger partial charge in [-0.15, -0.1) is 11.3 Å². The number of benzene rings is 1. The maximum atomic E-state index is 12.6. The number of primary sulfonamides is 1. The first-order chi connectivity index (χ1) is 10.7. The van der Waals surface area contributed by atoms with Crippen molar-refractivity contribution >= 4 is 43.8 Å². The second-order valence-electron chi connectivity index (χ2n) is 4.43. The number of anilines is 1. The Balaban J connectivity index is 2.39. The van der Waals surface area contributed by atoms with Gasteiger partial charge in [0, 0.05) is 11.8 Å². The molecule has 0 aliphatic rings. The minimum absolute atomic E-state index is 0.0588. The van der Waals surface area contributed by atoms with Crippen LogP contribution in [0.5, 0.6) is 5.75 Å². The topological polar surface area (TPSA) is 116 Å². The fraction of sp³-hybridized carbons (Fsp3) is 0.154. The number of carbonyl (C=O) groups is 1. The molecule has 0 spiro atoms. The molecule has 0 radical (unpaired) electrons. The number of ether oxygens (including phenoxy) is 1. The van der Waals surface area contributed by atoms with E-state index in [0.29, 0.717) is 20.5 Å². The van der Waals surface area contributed by atoms with Crippen molar-refractivity contribution in [3.8, 4) is 5.75 Å². The predicted molar refractivity (Wildman–Crippen MR) is 87.7 cm³/mol. The van der Waals surface area contributed by atoms with Crippen molar-refractivity contribution < 1.29 is 22.2 Å². The van der Waals surface area contributed by atoms with Crippen molar-refractivity contribution in [2.75, 3.05) is 12.4 Å². The summed E-state index contributed by atoms with van der Waals surface area (Å²) in [6.07, 6.45) is 0. The largest absolute Gasteiger partial charge is 0.495 e. The van der Waals surface area contributed by atoms with Gasteiger partial charge in [0.2, 0.25) is 15.9 Å². The molecule has 0 saturated carbocycles. The number of methoxy groups -OCH3 is 1. The lowest BCUT2D eigenvalue weighted by Crippen LogP contribution is -2.09. The highest BCUT2D eigenvalue weighted by atomic mass is 32.3. The molecule has 124 valence electrons. The van der Waals surface area contributed by atoms with Crippen LogP contribution in [0, 0.1) is 0 Å². The summed E-state index contributed by atoms with van der Waals surface area (Å²) in [5.74, 6) is 0.135. The van der Waals surface area contributed by atoms with Crippen molar-refractivity contribution in [3.63, 3.8) is 0 Å². The van der Waals surface area contributed by atoms with Crippen LogP contribution in [0.4, 0.5) is 5.69 Å². The monoisotopic (exact) mass is 374 g/mol. The molecule has 0 bridgehead atoms. The van der Waals surface area contributed by atoms with Gasteiger partial charge in [-0.25, -0.2) is 17.8 Å². The smallest absolute Gasteiger partial charge is 0.247 e. The van der Waals surface area contributed by atoms with E-state index in [4.69, 9.17) is 9.88 Å². The van der Waals surface area contributed by atoms with Crippen LogP contribution in [0.2, 0.25) is 0 Å². The molecule has 1 amide bonds. The zero-order valence-corrected chi connectivity index (χ0v) is 14.7. The van der Waals surface area contributed by atoms with Crippen LogP contribution in [0.3, 0.4) is 0 Å². The van der Waals surface area contributed by atoms with Crippen LogP contribution in [0.25, 0.3) is 0 Å². The quantitative estimate of drug-likeness (QED) is 0.823. The Hall–Kier alpha value is -1.75. The van der Waals surface area contributed by atoms with E-state index in [-0.39, 0.29) is 10.1 Å². The van der Waals surface area contributed by atoms with Gasteiger partial charge in [0.25, 0.3) is 0 Å². The van der Waals surface area contributed by atoms with E-state index in [2.05, 4.69) is 5.32 Å². The van der Waals surface area contributed by atoms with Gasteiger partial charge in [-0.1, -0.05) is 0 Å². The van der Waals surface area contributed by atoms with E-state index in [9.17, 15) is 17.4 Å². The van der Waals surface area contributed by atoms with Gasteiger partial charge in [-0.05, 0) is 30.3 Å². The van der Waals surface area contributed by atoms with Gasteiger partial charge in [0.15, 0.2) is 0 Å². The summed E-state index contributed by atoms with van der Waals surface area (Å²) in [6.45, 7) is 1.35. The Morgan fingerprint density at radius 1 is 1.30 bits per heavy atom. The van der Waals surface area contributed by atoms with Crippen molar-refractivity contribution in [2.45, 2.75) is 20.2 Å². The molecule has 2 rings (SSSR count). The van der Waals surface area contributed by atoms with E-state index >= 15 is 0 Å². The Bertz CT molecular complexity index is 873. The Morgan fingerprint density at radius 3 is 2.52 bits per heavy atom.